The highest BCUT2D eigenvalue weighted by Crippen LogP contribution is 2.22. The van der Waals surface area contributed by atoms with Gasteiger partial charge in [0, 0.05) is 68.3 Å². The maximum Gasteiger partial charge on any atom is 0.319 e. The minimum atomic E-state index is -0.235. The number of urea groups is 1. The maximum absolute atomic E-state index is 12.6. The number of rotatable bonds is 6. The predicted molar refractivity (Wildman–Crippen MR) is 125 cm³/mol. The number of aromatic nitrogens is 2. The molecule has 1 aliphatic heterocycles. The van der Waals surface area contributed by atoms with Crippen LogP contribution in [0.4, 0.5) is 10.5 Å². The molecule has 8 nitrogen and oxygen atoms in total. The van der Waals surface area contributed by atoms with E-state index in [4.69, 9.17) is 0 Å². The van der Waals surface area contributed by atoms with Crippen molar-refractivity contribution >= 4 is 28.5 Å². The third-order valence-electron chi connectivity index (χ3n) is 5.85. The fourth-order valence-electron chi connectivity index (χ4n) is 4.10. The number of nitrogens with zero attached hydrogens (tertiary/aromatic N) is 4. The van der Waals surface area contributed by atoms with Crippen LogP contribution in [0.3, 0.4) is 0 Å². The number of hydrogen-bond acceptors (Lipinski definition) is 5. The highest BCUT2D eigenvalue weighted by molar-refractivity contribution is 6.00. The number of aryl methyl sites for hydroxylation is 1. The Morgan fingerprint density at radius 3 is 2.78 bits per heavy atom. The van der Waals surface area contributed by atoms with Gasteiger partial charge >= 0.3 is 6.03 Å². The molecule has 3 aromatic rings. The second-order valence-corrected chi connectivity index (χ2v) is 8.10. The van der Waals surface area contributed by atoms with Gasteiger partial charge < -0.3 is 15.5 Å². The Balaban J connectivity index is 1.25. The predicted octanol–water partition coefficient (Wildman–Crippen LogP) is 2.91. The van der Waals surface area contributed by atoms with Gasteiger partial charge in [-0.25, -0.2) is 4.79 Å². The number of carbonyl (C=O) groups is 2. The third-order valence-corrected chi connectivity index (χ3v) is 5.85. The molecule has 32 heavy (non-hydrogen) atoms. The van der Waals surface area contributed by atoms with Crippen molar-refractivity contribution in [2.75, 3.05) is 38.5 Å². The molecule has 0 aliphatic carbocycles. The summed E-state index contributed by atoms with van der Waals surface area (Å²) >= 11 is 0. The van der Waals surface area contributed by atoms with Crippen LogP contribution in [0.15, 0.2) is 54.9 Å². The van der Waals surface area contributed by atoms with E-state index in [1.807, 2.05) is 49.2 Å². The summed E-state index contributed by atoms with van der Waals surface area (Å²) in [5.41, 5.74) is 3.12. The number of nitrogens with one attached hydrogen (secondary N) is 2. The summed E-state index contributed by atoms with van der Waals surface area (Å²) in [6.45, 7) is 4.87. The van der Waals surface area contributed by atoms with Crippen LogP contribution in [-0.2, 0) is 0 Å². The summed E-state index contributed by atoms with van der Waals surface area (Å²) in [5.74, 6) is 0.0108. The molecule has 0 bridgehead atoms. The minimum Gasteiger partial charge on any atom is -0.337 e. The number of carbonyl (C=O) groups excluding carboxylic acids is 2. The van der Waals surface area contributed by atoms with Crippen molar-refractivity contribution in [3.05, 3.63) is 66.1 Å². The molecule has 1 fully saturated rings. The number of hydrogen-bond donors (Lipinski definition) is 2. The number of pyridine rings is 2. The van der Waals surface area contributed by atoms with Crippen LogP contribution >= 0.6 is 0 Å². The van der Waals surface area contributed by atoms with Gasteiger partial charge in [0.15, 0.2) is 0 Å². The lowest BCUT2D eigenvalue weighted by molar-refractivity contribution is 0.0735. The first-order chi connectivity index (χ1) is 15.5. The monoisotopic (exact) mass is 432 g/mol. The quantitative estimate of drug-likeness (QED) is 0.625. The molecule has 1 aromatic carbocycles. The van der Waals surface area contributed by atoms with E-state index in [-0.39, 0.29) is 18.0 Å². The van der Waals surface area contributed by atoms with E-state index in [9.17, 15) is 9.59 Å². The molecule has 3 heterocycles. The molecule has 1 atom stereocenters. The maximum atomic E-state index is 12.6. The molecule has 166 valence electrons. The van der Waals surface area contributed by atoms with E-state index in [0.29, 0.717) is 12.1 Å². The normalized spacial score (nSPS) is 16.1. The molecule has 0 radical (unpaired) electrons. The van der Waals surface area contributed by atoms with E-state index in [1.165, 1.54) is 0 Å². The first-order valence-corrected chi connectivity index (χ1v) is 10.8. The number of fused-ring (bicyclic) bond motifs is 1. The first kappa shape index (κ1) is 21.7. The molecule has 0 saturated carbocycles. The summed E-state index contributed by atoms with van der Waals surface area (Å²) in [5, 5.41) is 6.79. The molecule has 8 heteroatoms. The molecule has 1 saturated heterocycles. The average Bonchev–Trinajstić information content (AvgIpc) is 3.27. The number of likely N-dealkylation sites (N-methyl/N-ethyl adjacent to an activating group) is 1. The summed E-state index contributed by atoms with van der Waals surface area (Å²) < 4.78 is 0. The molecular formula is C24H28N6O2. The van der Waals surface area contributed by atoms with Gasteiger partial charge in [-0.2, -0.15) is 0 Å². The van der Waals surface area contributed by atoms with Gasteiger partial charge in [-0.3, -0.25) is 19.7 Å². The van der Waals surface area contributed by atoms with Crippen molar-refractivity contribution in [2.45, 2.75) is 19.4 Å². The second-order valence-electron chi connectivity index (χ2n) is 8.10. The third kappa shape index (κ3) is 5.03. The fourth-order valence-corrected chi connectivity index (χ4v) is 4.10. The smallest absolute Gasteiger partial charge is 0.319 e. The van der Waals surface area contributed by atoms with Gasteiger partial charge in [-0.1, -0.05) is 18.2 Å². The van der Waals surface area contributed by atoms with Crippen LogP contribution in [0, 0.1) is 6.92 Å². The van der Waals surface area contributed by atoms with Crippen LogP contribution in [0.1, 0.15) is 22.5 Å². The van der Waals surface area contributed by atoms with Crippen molar-refractivity contribution in [3.8, 4) is 0 Å². The van der Waals surface area contributed by atoms with Gasteiger partial charge in [0.25, 0.3) is 5.91 Å². The summed E-state index contributed by atoms with van der Waals surface area (Å²) in [7, 11) is 1.85. The summed E-state index contributed by atoms with van der Waals surface area (Å²) in [4.78, 5) is 37.6. The molecule has 2 aromatic heterocycles. The minimum absolute atomic E-state index is 0.0108. The number of amides is 3. The lowest BCUT2D eigenvalue weighted by Gasteiger charge is -2.25. The Morgan fingerprint density at radius 1 is 1.19 bits per heavy atom. The van der Waals surface area contributed by atoms with Gasteiger partial charge in [-0.05, 0) is 37.6 Å². The number of anilines is 1. The second kappa shape index (κ2) is 9.74. The zero-order chi connectivity index (χ0) is 22.5. The summed E-state index contributed by atoms with van der Waals surface area (Å²) in [6, 6.07) is 13.0. The van der Waals surface area contributed by atoms with Crippen molar-refractivity contribution in [1.29, 1.82) is 0 Å². The fraction of sp³-hybridized carbons (Fsp3) is 0.333. The van der Waals surface area contributed by atoms with Crippen LogP contribution in [0.2, 0.25) is 0 Å². The highest BCUT2D eigenvalue weighted by atomic mass is 16.2. The van der Waals surface area contributed by atoms with Gasteiger partial charge in [0.1, 0.15) is 0 Å². The Labute approximate surface area is 187 Å². The van der Waals surface area contributed by atoms with Gasteiger partial charge in [-0.15, -0.1) is 0 Å². The van der Waals surface area contributed by atoms with Crippen molar-refractivity contribution in [1.82, 2.24) is 25.1 Å². The van der Waals surface area contributed by atoms with Crippen molar-refractivity contribution in [3.63, 3.8) is 0 Å². The molecule has 1 aliphatic rings. The first-order valence-electron chi connectivity index (χ1n) is 10.8. The number of para-hydroxylation sites is 1. The largest absolute Gasteiger partial charge is 0.337 e. The van der Waals surface area contributed by atoms with E-state index in [1.54, 1.807) is 24.5 Å². The Kier molecular flexibility index (Phi) is 6.61. The van der Waals surface area contributed by atoms with Crippen LogP contribution < -0.4 is 10.6 Å². The van der Waals surface area contributed by atoms with E-state index in [0.717, 1.165) is 48.3 Å². The molecule has 4 rings (SSSR count). The Hall–Kier alpha value is -3.52. The van der Waals surface area contributed by atoms with E-state index < -0.39 is 0 Å². The number of benzene rings is 1. The van der Waals surface area contributed by atoms with Crippen LogP contribution in [0.5, 0.6) is 0 Å². The average molecular weight is 433 g/mol. The van der Waals surface area contributed by atoms with Crippen LogP contribution in [-0.4, -0.2) is 71.0 Å². The topological polar surface area (TPSA) is 90.5 Å². The highest BCUT2D eigenvalue weighted by Gasteiger charge is 2.28. The zero-order valence-corrected chi connectivity index (χ0v) is 18.4. The molecular weight excluding hydrogens is 404 g/mol. The van der Waals surface area contributed by atoms with E-state index >= 15 is 0 Å². The van der Waals surface area contributed by atoms with Gasteiger partial charge in [0.05, 0.1) is 11.2 Å². The molecule has 1 unspecified atom stereocenters. The van der Waals surface area contributed by atoms with Crippen molar-refractivity contribution < 1.29 is 9.59 Å². The lowest BCUT2D eigenvalue weighted by Crippen LogP contribution is -2.40. The SMILES string of the molecule is Cc1cc(NC(=O)NCCN2CCC(N(C)C(=O)c3ccncc3)C2)c2ccccc2n1. The number of likely N-dealkylation sites (tertiary alicyclic amines) is 1. The Morgan fingerprint density at radius 2 is 1.97 bits per heavy atom. The molecule has 2 N–H and O–H groups in total. The summed E-state index contributed by atoms with van der Waals surface area (Å²) in [6.07, 6.45) is 4.19. The van der Waals surface area contributed by atoms with E-state index in [2.05, 4.69) is 25.5 Å². The molecule has 0 spiro atoms. The van der Waals surface area contributed by atoms with Crippen molar-refractivity contribution in [2.24, 2.45) is 0 Å². The zero-order valence-electron chi connectivity index (χ0n) is 18.4. The standard InChI is InChI=1S/C24H28N6O2/c1-17-15-22(20-5-3-4-6-21(20)27-17)28-24(32)26-12-14-30-13-9-19(16-30)29(2)23(31)18-7-10-25-11-8-18/h3-8,10-11,15,19H,9,12-14,16H2,1-2H3,(H2,26,27,28,32). The Bertz CT molecular complexity index is 1100. The molecule has 3 amide bonds. The van der Waals surface area contributed by atoms with Crippen LogP contribution in [0.25, 0.3) is 10.9 Å². The van der Waals surface area contributed by atoms with Gasteiger partial charge in [0.2, 0.25) is 0 Å². The lowest BCUT2D eigenvalue weighted by atomic mass is 10.1.